The molecule has 10 rings (SSSR count). The summed E-state index contributed by atoms with van der Waals surface area (Å²) in [5.74, 6) is 6.82. The molecule has 0 radical (unpaired) electrons. The Morgan fingerprint density at radius 2 is 0.605 bits per heavy atom. The van der Waals surface area contributed by atoms with Gasteiger partial charge < -0.3 is 0 Å². The van der Waals surface area contributed by atoms with Gasteiger partial charge in [-0.05, 0) is 0 Å². The Morgan fingerprint density at radius 1 is 0.372 bits per heavy atom. The Bertz CT molecular complexity index is 2140. The van der Waals surface area contributed by atoms with Crippen LogP contribution in [0.2, 0.25) is 0 Å². The molecular formula is C32H22Cl2N8Sn. The van der Waals surface area contributed by atoms with E-state index in [4.69, 9.17) is 17.8 Å². The summed E-state index contributed by atoms with van der Waals surface area (Å²) in [6.07, 6.45) is 0. The normalized spacial score (nSPS) is 14.7. The van der Waals surface area contributed by atoms with Crippen molar-refractivity contribution in [1.29, 1.82) is 0 Å². The molecule has 43 heavy (non-hydrogen) atoms. The summed E-state index contributed by atoms with van der Waals surface area (Å²) in [6.45, 7) is 0. The van der Waals surface area contributed by atoms with Gasteiger partial charge in [0, 0.05) is 0 Å². The third-order valence-electron chi connectivity index (χ3n) is 8.71. The van der Waals surface area contributed by atoms with Gasteiger partial charge in [-0.3, -0.25) is 0 Å². The van der Waals surface area contributed by atoms with Crippen molar-refractivity contribution in [3.05, 3.63) is 97.1 Å². The van der Waals surface area contributed by atoms with Crippen LogP contribution >= 0.6 is 17.8 Å². The Kier molecular flexibility index (Phi) is 4.69. The van der Waals surface area contributed by atoms with E-state index in [0.29, 0.717) is 0 Å². The number of hydrogen-bond acceptors (Lipinski definition) is 4. The fraction of sp³-hybridized carbons (Fsp3) is 0. The molecule has 0 fully saturated rings. The van der Waals surface area contributed by atoms with E-state index >= 15 is 0 Å². The van der Waals surface area contributed by atoms with Crippen LogP contribution in [-0.4, -0.2) is 32.2 Å². The molecule has 0 unspecified atom stereocenters. The van der Waals surface area contributed by atoms with E-state index in [-0.39, 0.29) is 0 Å². The Hall–Kier alpha value is -4.38. The van der Waals surface area contributed by atoms with Crippen molar-refractivity contribution >= 4 is 124 Å². The molecule has 11 heteroatoms. The number of hydrogen-bond donors (Lipinski definition) is 6. The van der Waals surface area contributed by atoms with Gasteiger partial charge in [0.05, 0.1) is 0 Å². The minimum absolute atomic E-state index is 0.839. The van der Waals surface area contributed by atoms with Gasteiger partial charge in [0.2, 0.25) is 0 Å². The molecule has 6 bridgehead atoms. The van der Waals surface area contributed by atoms with Gasteiger partial charge in [0.1, 0.15) is 0 Å². The topological polar surface area (TPSA) is 89.6 Å². The van der Waals surface area contributed by atoms with Crippen LogP contribution < -0.4 is 21.3 Å². The number of rotatable bonds is 0. The number of anilines is 8. The molecule has 208 valence electrons. The number of nitrogens with one attached hydrogen (secondary N) is 6. The molecule has 8 nitrogen and oxygen atoms in total. The van der Waals surface area contributed by atoms with E-state index < -0.39 is 16.7 Å². The molecule has 0 spiro atoms. The van der Waals surface area contributed by atoms with E-state index in [1.54, 1.807) is 0 Å². The third kappa shape index (κ3) is 3.12. The molecule has 2 aliphatic rings. The van der Waals surface area contributed by atoms with Crippen molar-refractivity contribution in [2.24, 2.45) is 0 Å². The van der Waals surface area contributed by atoms with Crippen molar-refractivity contribution < 1.29 is 0 Å². The maximum absolute atomic E-state index is 7.95. The van der Waals surface area contributed by atoms with Crippen molar-refractivity contribution in [2.75, 3.05) is 21.3 Å². The zero-order valence-electron chi connectivity index (χ0n) is 22.4. The van der Waals surface area contributed by atoms with Crippen LogP contribution in [-0.2, 0) is 0 Å². The number of nitrogens with zero attached hydrogens (tertiary/aromatic N) is 2. The van der Waals surface area contributed by atoms with E-state index in [1.165, 1.54) is 0 Å². The summed E-state index contributed by atoms with van der Waals surface area (Å²) in [6, 6.07) is 33.4. The quantitative estimate of drug-likeness (QED) is 0.0887. The average molecular weight is 708 g/mol. The Balaban J connectivity index is 1.45. The fourth-order valence-electron chi connectivity index (χ4n) is 6.85. The molecule has 0 saturated carbocycles. The second-order valence-corrected chi connectivity index (χ2v) is 24.8. The molecule has 6 N–H and O–H groups in total. The first-order chi connectivity index (χ1) is 21.1. The molecule has 0 saturated heterocycles. The number of benzene rings is 4. The van der Waals surface area contributed by atoms with Crippen molar-refractivity contribution in [3.63, 3.8) is 0 Å². The molecule has 4 aromatic heterocycles. The van der Waals surface area contributed by atoms with Crippen molar-refractivity contribution in [2.45, 2.75) is 0 Å². The van der Waals surface area contributed by atoms with Crippen LogP contribution in [0.3, 0.4) is 0 Å². The summed E-state index contributed by atoms with van der Waals surface area (Å²) < 4.78 is 4.30. The summed E-state index contributed by atoms with van der Waals surface area (Å²) in [4.78, 5) is 7.30. The zero-order chi connectivity index (χ0) is 28.4. The van der Waals surface area contributed by atoms with Crippen LogP contribution in [0, 0.1) is 0 Å². The van der Waals surface area contributed by atoms with Gasteiger partial charge in [-0.15, -0.1) is 0 Å². The molecular weight excluding hydrogens is 686 g/mol. The second-order valence-electron chi connectivity index (χ2n) is 11.0. The Labute approximate surface area is 256 Å². The number of fused-ring (bicyclic) bond motifs is 16. The molecule has 8 aromatic rings. The molecule has 2 aliphatic heterocycles. The number of aromatic nitrogens is 4. The monoisotopic (exact) mass is 708 g/mol. The van der Waals surface area contributed by atoms with Gasteiger partial charge >= 0.3 is 258 Å². The van der Waals surface area contributed by atoms with Crippen molar-refractivity contribution in [3.8, 4) is 0 Å². The van der Waals surface area contributed by atoms with Crippen LogP contribution in [0.15, 0.2) is 97.1 Å². The second kappa shape index (κ2) is 8.37. The van der Waals surface area contributed by atoms with Gasteiger partial charge in [0.25, 0.3) is 0 Å². The van der Waals surface area contributed by atoms with Gasteiger partial charge in [0.15, 0.2) is 0 Å². The predicted molar refractivity (Wildman–Crippen MR) is 182 cm³/mol. The van der Waals surface area contributed by atoms with Crippen LogP contribution in [0.4, 0.5) is 46.5 Å². The molecule has 0 atom stereocenters. The average Bonchev–Trinajstić information content (AvgIpc) is 3.74. The van der Waals surface area contributed by atoms with E-state index in [0.717, 1.165) is 89.6 Å². The summed E-state index contributed by atoms with van der Waals surface area (Å²) in [5.41, 5.74) is 0. The first-order valence-electron chi connectivity index (χ1n) is 14.0. The van der Waals surface area contributed by atoms with E-state index in [2.05, 4.69) is 134 Å². The SMILES string of the molecule is [Cl][Sn]1([Cl])[n]2c3c4ccccc4c2Nc2[nH]c(c4ccccc24)Nc2c4ccccc4c([n]21)Nc1[nH]c(c2ccccc12)N3. The third-order valence-corrected chi connectivity index (χ3v) is 18.9. The molecule has 0 amide bonds. The zero-order valence-corrected chi connectivity index (χ0v) is 26.8. The van der Waals surface area contributed by atoms with Crippen LogP contribution in [0.25, 0.3) is 43.1 Å². The standard InChI is InChI=1S/C32H22N8.2ClH.Sn/c1-2-10-18-17(9-1)25-33-26(18)38-28-21-13-5-6-14-22(21)30(35-28)40-32-24-16-8-7-15-23(24)31(36-32)39-29-20-12-4-3-11-19(20)27(34-29)37-25;;;/h1-16,33,36-40H;2*1H;/q-2;;;+4/p-2. The number of halogens is 2. The van der Waals surface area contributed by atoms with E-state index in [9.17, 15) is 0 Å². The summed E-state index contributed by atoms with van der Waals surface area (Å²) in [7, 11) is 15.9. The first-order valence-corrected chi connectivity index (χ1v) is 23.8. The Morgan fingerprint density at radius 3 is 0.860 bits per heavy atom. The molecule has 0 aliphatic carbocycles. The van der Waals surface area contributed by atoms with Gasteiger partial charge in [-0.1, -0.05) is 0 Å². The van der Waals surface area contributed by atoms with Gasteiger partial charge in [-0.25, -0.2) is 0 Å². The number of aromatic amines is 2. The van der Waals surface area contributed by atoms with E-state index in [1.807, 2.05) is 0 Å². The fourth-order valence-corrected chi connectivity index (χ4v) is 17.0. The summed E-state index contributed by atoms with van der Waals surface area (Å²) >= 11 is -4.75. The molecule has 4 aromatic carbocycles. The maximum atomic E-state index is 7.95. The number of H-pyrrole nitrogens is 2. The first kappa shape index (κ1) is 24.1. The van der Waals surface area contributed by atoms with Crippen molar-refractivity contribution in [1.82, 2.24) is 15.5 Å². The summed E-state index contributed by atoms with van der Waals surface area (Å²) in [5, 5.41) is 23.4. The van der Waals surface area contributed by atoms with Crippen LogP contribution in [0.1, 0.15) is 0 Å². The van der Waals surface area contributed by atoms with Gasteiger partial charge in [-0.2, -0.15) is 0 Å². The minimum atomic E-state index is -4.75. The molecule has 6 heterocycles. The predicted octanol–water partition coefficient (Wildman–Crippen LogP) is 9.47. The van der Waals surface area contributed by atoms with Crippen LogP contribution in [0.5, 0.6) is 0 Å².